The third kappa shape index (κ3) is 4.31. The predicted molar refractivity (Wildman–Crippen MR) is 99.8 cm³/mol. The van der Waals surface area contributed by atoms with Crippen LogP contribution >= 0.6 is 0 Å². The molecular formula is C22H24O4. The van der Waals surface area contributed by atoms with Crippen molar-refractivity contribution in [3.63, 3.8) is 0 Å². The van der Waals surface area contributed by atoms with Crippen LogP contribution in [0.15, 0.2) is 36.4 Å². The van der Waals surface area contributed by atoms with Gasteiger partial charge in [-0.05, 0) is 80.5 Å². The van der Waals surface area contributed by atoms with Crippen LogP contribution in [-0.2, 0) is 22.4 Å². The van der Waals surface area contributed by atoms with Crippen LogP contribution < -0.4 is 4.74 Å². The summed E-state index contributed by atoms with van der Waals surface area (Å²) in [7, 11) is 0. The zero-order valence-electron chi connectivity index (χ0n) is 15.5. The molecule has 4 nitrogen and oxygen atoms in total. The number of fused-ring (bicyclic) bond motifs is 1. The van der Waals surface area contributed by atoms with Crippen LogP contribution in [0, 0.1) is 13.8 Å². The first kappa shape index (κ1) is 18.2. The summed E-state index contributed by atoms with van der Waals surface area (Å²) in [5.41, 5.74) is 5.27. The largest absolute Gasteiger partial charge is 0.482 e. The fourth-order valence-electron chi connectivity index (χ4n) is 3.40. The fraction of sp³-hybridized carbons (Fsp3) is 0.364. The molecule has 0 N–H and O–H groups in total. The van der Waals surface area contributed by atoms with E-state index in [-0.39, 0.29) is 12.4 Å². The Kier molecular flexibility index (Phi) is 5.40. The molecule has 26 heavy (non-hydrogen) atoms. The van der Waals surface area contributed by atoms with Crippen molar-refractivity contribution < 1.29 is 19.1 Å². The molecule has 0 fully saturated rings. The lowest BCUT2D eigenvalue weighted by atomic mass is 10.0. The van der Waals surface area contributed by atoms with Gasteiger partial charge in [0.25, 0.3) is 0 Å². The second-order valence-electron chi connectivity index (χ2n) is 6.95. The van der Waals surface area contributed by atoms with Crippen LogP contribution in [0.4, 0.5) is 0 Å². The molecule has 1 atom stereocenters. The Labute approximate surface area is 154 Å². The first-order chi connectivity index (χ1) is 12.4. The number of hydrogen-bond acceptors (Lipinski definition) is 4. The van der Waals surface area contributed by atoms with Gasteiger partial charge < -0.3 is 9.47 Å². The monoisotopic (exact) mass is 352 g/mol. The normalized spacial score (nSPS) is 13.8. The van der Waals surface area contributed by atoms with Gasteiger partial charge >= 0.3 is 5.97 Å². The molecule has 0 radical (unpaired) electrons. The number of esters is 1. The van der Waals surface area contributed by atoms with Gasteiger partial charge in [0.2, 0.25) is 5.78 Å². The van der Waals surface area contributed by atoms with Crippen LogP contribution in [0.25, 0.3) is 0 Å². The van der Waals surface area contributed by atoms with Gasteiger partial charge in [-0.2, -0.15) is 0 Å². The lowest BCUT2D eigenvalue weighted by Crippen LogP contribution is -2.27. The molecule has 0 saturated heterocycles. The van der Waals surface area contributed by atoms with Gasteiger partial charge in [0.05, 0.1) is 0 Å². The van der Waals surface area contributed by atoms with E-state index in [1.165, 1.54) is 11.1 Å². The summed E-state index contributed by atoms with van der Waals surface area (Å²) in [6.07, 6.45) is 2.39. The van der Waals surface area contributed by atoms with Crippen LogP contribution in [0.1, 0.15) is 46.0 Å². The number of ketones is 1. The number of aryl methyl sites for hydroxylation is 4. The van der Waals surface area contributed by atoms with Crippen molar-refractivity contribution in [2.75, 3.05) is 6.61 Å². The molecule has 0 bridgehead atoms. The van der Waals surface area contributed by atoms with Crippen LogP contribution in [0.5, 0.6) is 5.75 Å². The maximum absolute atomic E-state index is 12.5. The number of rotatable bonds is 6. The van der Waals surface area contributed by atoms with E-state index in [9.17, 15) is 9.59 Å². The molecule has 0 aromatic heterocycles. The van der Waals surface area contributed by atoms with Crippen molar-refractivity contribution in [3.8, 4) is 5.75 Å². The standard InChI is InChI=1S/C22H24O4/c1-14-9-15(2)11-20(10-14)25-13-21(23)26-16(3)22(24)19-8-7-17-5-4-6-18(17)12-19/h7-12,16H,4-6,13H2,1-3H3/t16-/m0/s1. The Bertz CT molecular complexity index is 818. The van der Waals surface area contributed by atoms with Crippen molar-refractivity contribution in [1.82, 2.24) is 0 Å². The lowest BCUT2D eigenvalue weighted by molar-refractivity contribution is -0.148. The molecule has 0 spiro atoms. The Morgan fingerprint density at radius 1 is 1.00 bits per heavy atom. The fourth-order valence-corrected chi connectivity index (χ4v) is 3.40. The Hall–Kier alpha value is -2.62. The second-order valence-corrected chi connectivity index (χ2v) is 6.95. The van der Waals surface area contributed by atoms with E-state index in [0.717, 1.165) is 30.4 Å². The summed E-state index contributed by atoms with van der Waals surface area (Å²) in [6, 6.07) is 11.5. The second kappa shape index (κ2) is 7.73. The minimum absolute atomic E-state index is 0.181. The summed E-state index contributed by atoms with van der Waals surface area (Å²) in [6.45, 7) is 5.32. The highest BCUT2D eigenvalue weighted by Gasteiger charge is 2.21. The molecule has 1 aliphatic rings. The number of carbonyl (C=O) groups is 2. The number of hydrogen-bond donors (Lipinski definition) is 0. The van der Waals surface area contributed by atoms with Gasteiger partial charge in [-0.25, -0.2) is 4.79 Å². The van der Waals surface area contributed by atoms with Crippen molar-refractivity contribution in [2.24, 2.45) is 0 Å². The lowest BCUT2D eigenvalue weighted by Gasteiger charge is -2.14. The van der Waals surface area contributed by atoms with Gasteiger partial charge in [0.15, 0.2) is 12.7 Å². The molecule has 4 heteroatoms. The Morgan fingerprint density at radius 2 is 1.69 bits per heavy atom. The van der Waals surface area contributed by atoms with E-state index in [1.54, 1.807) is 6.92 Å². The molecule has 0 aliphatic heterocycles. The van der Waals surface area contributed by atoms with E-state index in [4.69, 9.17) is 9.47 Å². The maximum atomic E-state index is 12.5. The van der Waals surface area contributed by atoms with Gasteiger partial charge in [-0.1, -0.05) is 18.2 Å². The first-order valence-electron chi connectivity index (χ1n) is 8.99. The van der Waals surface area contributed by atoms with E-state index >= 15 is 0 Å². The average Bonchev–Trinajstić information content (AvgIpc) is 3.06. The molecule has 2 aromatic rings. The summed E-state index contributed by atoms with van der Waals surface area (Å²) in [5, 5.41) is 0. The molecular weight excluding hydrogens is 328 g/mol. The van der Waals surface area contributed by atoms with Crippen molar-refractivity contribution >= 4 is 11.8 Å². The highest BCUT2D eigenvalue weighted by molar-refractivity contribution is 6.00. The highest BCUT2D eigenvalue weighted by atomic mass is 16.6. The molecule has 1 aliphatic carbocycles. The third-order valence-electron chi connectivity index (χ3n) is 4.61. The van der Waals surface area contributed by atoms with Gasteiger partial charge in [0, 0.05) is 5.56 Å². The van der Waals surface area contributed by atoms with E-state index < -0.39 is 12.1 Å². The maximum Gasteiger partial charge on any atom is 0.344 e. The van der Waals surface area contributed by atoms with Crippen molar-refractivity contribution in [3.05, 3.63) is 64.2 Å². The minimum atomic E-state index is -0.829. The topological polar surface area (TPSA) is 52.6 Å². The summed E-state index contributed by atoms with van der Waals surface area (Å²) in [5.74, 6) is -0.109. The smallest absolute Gasteiger partial charge is 0.344 e. The molecule has 0 amide bonds. The predicted octanol–water partition coefficient (Wildman–Crippen LogP) is 3.99. The van der Waals surface area contributed by atoms with Crippen LogP contribution in [-0.4, -0.2) is 24.5 Å². The molecule has 0 heterocycles. The van der Waals surface area contributed by atoms with Crippen molar-refractivity contribution in [2.45, 2.75) is 46.1 Å². The van der Waals surface area contributed by atoms with E-state index in [1.807, 2.05) is 50.2 Å². The first-order valence-corrected chi connectivity index (χ1v) is 8.99. The third-order valence-corrected chi connectivity index (χ3v) is 4.61. The number of carbonyl (C=O) groups excluding carboxylic acids is 2. The number of ether oxygens (including phenoxy) is 2. The minimum Gasteiger partial charge on any atom is -0.482 e. The number of benzene rings is 2. The van der Waals surface area contributed by atoms with Gasteiger partial charge in [-0.3, -0.25) is 4.79 Å². The summed E-state index contributed by atoms with van der Waals surface area (Å²) >= 11 is 0. The zero-order chi connectivity index (χ0) is 18.7. The molecule has 0 unspecified atom stereocenters. The molecule has 2 aromatic carbocycles. The highest BCUT2D eigenvalue weighted by Crippen LogP contribution is 2.23. The molecule has 136 valence electrons. The Morgan fingerprint density at radius 3 is 2.42 bits per heavy atom. The average molecular weight is 352 g/mol. The van der Waals surface area contributed by atoms with Crippen LogP contribution in [0.3, 0.4) is 0 Å². The number of Topliss-reactive ketones (excluding diaryl/α,β-unsaturated/α-hetero) is 1. The SMILES string of the molecule is Cc1cc(C)cc(OCC(=O)O[C@@H](C)C(=O)c2ccc3c(c2)CCC3)c1. The summed E-state index contributed by atoms with van der Waals surface area (Å²) in [4.78, 5) is 24.5. The van der Waals surface area contributed by atoms with Gasteiger partial charge in [0.1, 0.15) is 5.75 Å². The Balaban J connectivity index is 1.55. The molecule has 3 rings (SSSR count). The van der Waals surface area contributed by atoms with Crippen LogP contribution in [0.2, 0.25) is 0 Å². The van der Waals surface area contributed by atoms with Gasteiger partial charge in [-0.15, -0.1) is 0 Å². The quantitative estimate of drug-likeness (QED) is 0.583. The van der Waals surface area contributed by atoms with Crippen molar-refractivity contribution in [1.29, 1.82) is 0 Å². The van der Waals surface area contributed by atoms with E-state index in [0.29, 0.717) is 11.3 Å². The zero-order valence-corrected chi connectivity index (χ0v) is 15.5. The molecule has 0 saturated carbocycles. The summed E-state index contributed by atoms with van der Waals surface area (Å²) < 4.78 is 10.7. The van der Waals surface area contributed by atoms with E-state index in [2.05, 4.69) is 0 Å².